The lowest BCUT2D eigenvalue weighted by atomic mass is 9.55. The molecule has 2 amide bonds. The van der Waals surface area contributed by atoms with Crippen molar-refractivity contribution in [1.29, 1.82) is 5.26 Å². The molecule has 8 heteroatoms. The van der Waals surface area contributed by atoms with E-state index in [0.717, 1.165) is 12.8 Å². The molecular weight excluding hydrogens is 434 g/mol. The standard InChI is InChI=1S/C26H47N3O5/c1-19(30)29-20-11-10-13-33-21(20)34-16-15-32-14-12-28-22(31)26(9,23(2,3)4)17-24(5,6)25(7,8)18-27/h20-21H,10-17H2,1-9H3,(H,28,31)(H,29,30)/t20?,21-,26?/m0/s1. The van der Waals surface area contributed by atoms with Gasteiger partial charge in [0.05, 0.1) is 42.8 Å². The number of nitrogens with zero attached hydrogens (tertiary/aromatic N) is 1. The smallest absolute Gasteiger partial charge is 0.226 e. The van der Waals surface area contributed by atoms with E-state index >= 15 is 0 Å². The number of carbonyl (C=O) groups is 2. The number of rotatable bonds is 12. The lowest BCUT2D eigenvalue weighted by molar-refractivity contribution is -0.185. The molecule has 0 saturated carbocycles. The second-order valence-corrected chi connectivity index (χ2v) is 11.8. The summed E-state index contributed by atoms with van der Waals surface area (Å²) in [5.41, 5.74) is -1.88. The van der Waals surface area contributed by atoms with Gasteiger partial charge in [0.1, 0.15) is 0 Å². The molecule has 8 nitrogen and oxygen atoms in total. The van der Waals surface area contributed by atoms with E-state index in [2.05, 4.69) is 51.3 Å². The van der Waals surface area contributed by atoms with Crippen molar-refractivity contribution in [2.45, 2.75) is 93.9 Å². The third-order valence-corrected chi connectivity index (χ3v) is 7.62. The maximum atomic E-state index is 13.3. The molecule has 1 rings (SSSR count). The predicted molar refractivity (Wildman–Crippen MR) is 132 cm³/mol. The molecule has 0 aromatic heterocycles. The van der Waals surface area contributed by atoms with Crippen molar-refractivity contribution in [3.05, 3.63) is 0 Å². The summed E-state index contributed by atoms with van der Waals surface area (Å²) < 4.78 is 17.0. The minimum atomic E-state index is -0.662. The van der Waals surface area contributed by atoms with E-state index in [4.69, 9.17) is 14.2 Å². The Morgan fingerprint density at radius 1 is 1.06 bits per heavy atom. The molecule has 3 atom stereocenters. The zero-order valence-electron chi connectivity index (χ0n) is 22.8. The van der Waals surface area contributed by atoms with Gasteiger partial charge in [-0.15, -0.1) is 0 Å². The van der Waals surface area contributed by atoms with Crippen LogP contribution in [0, 0.1) is 33.0 Å². The average Bonchev–Trinajstić information content (AvgIpc) is 2.72. The summed E-state index contributed by atoms with van der Waals surface area (Å²) in [6, 6.07) is 2.27. The van der Waals surface area contributed by atoms with Crippen LogP contribution in [-0.2, 0) is 23.8 Å². The van der Waals surface area contributed by atoms with Gasteiger partial charge < -0.3 is 24.8 Å². The van der Waals surface area contributed by atoms with Crippen LogP contribution in [-0.4, -0.2) is 57.1 Å². The maximum absolute atomic E-state index is 13.3. The van der Waals surface area contributed by atoms with Crippen LogP contribution in [0.25, 0.3) is 0 Å². The Morgan fingerprint density at radius 2 is 1.71 bits per heavy atom. The van der Waals surface area contributed by atoms with Crippen LogP contribution in [0.4, 0.5) is 0 Å². The summed E-state index contributed by atoms with van der Waals surface area (Å²) in [5, 5.41) is 15.5. The van der Waals surface area contributed by atoms with E-state index in [1.54, 1.807) is 0 Å². The van der Waals surface area contributed by atoms with Gasteiger partial charge >= 0.3 is 0 Å². The second-order valence-electron chi connectivity index (χ2n) is 11.8. The van der Waals surface area contributed by atoms with Gasteiger partial charge in [-0.25, -0.2) is 0 Å². The van der Waals surface area contributed by atoms with E-state index in [0.29, 0.717) is 39.4 Å². The molecule has 1 aliphatic rings. The molecule has 2 N–H and O–H groups in total. The normalized spacial score (nSPS) is 21.3. The number of hydrogen-bond donors (Lipinski definition) is 2. The van der Waals surface area contributed by atoms with Gasteiger partial charge in [-0.05, 0) is 43.9 Å². The van der Waals surface area contributed by atoms with Gasteiger partial charge in [-0.1, -0.05) is 41.5 Å². The number of nitrogens with one attached hydrogen (secondary N) is 2. The quantitative estimate of drug-likeness (QED) is 0.410. The minimum Gasteiger partial charge on any atom is -0.377 e. The molecule has 2 unspecified atom stereocenters. The van der Waals surface area contributed by atoms with Crippen molar-refractivity contribution in [3.8, 4) is 6.07 Å². The highest BCUT2D eigenvalue weighted by atomic mass is 16.7. The first-order valence-corrected chi connectivity index (χ1v) is 12.3. The van der Waals surface area contributed by atoms with E-state index in [1.165, 1.54) is 6.92 Å². The lowest BCUT2D eigenvalue weighted by Crippen LogP contribution is -2.51. The fraction of sp³-hybridized carbons (Fsp3) is 0.885. The SMILES string of the molecule is CC(=O)NC1CCCO[C@H]1OCCOCCNC(=O)C(C)(CC(C)(C)C(C)(C)C#N)C(C)(C)C. The van der Waals surface area contributed by atoms with Gasteiger partial charge in [0.25, 0.3) is 0 Å². The summed E-state index contributed by atoms with van der Waals surface area (Å²) in [6.45, 7) is 19.7. The van der Waals surface area contributed by atoms with Gasteiger partial charge in [0, 0.05) is 20.1 Å². The highest BCUT2D eigenvalue weighted by Gasteiger charge is 2.51. The molecule has 34 heavy (non-hydrogen) atoms. The molecule has 0 bridgehead atoms. The molecule has 1 saturated heterocycles. The third-order valence-electron chi connectivity index (χ3n) is 7.62. The van der Waals surface area contributed by atoms with Crippen LogP contribution >= 0.6 is 0 Å². The first kappa shape index (κ1) is 30.3. The van der Waals surface area contributed by atoms with Crippen molar-refractivity contribution in [2.24, 2.45) is 21.7 Å². The second kappa shape index (κ2) is 12.3. The van der Waals surface area contributed by atoms with E-state index in [1.807, 2.05) is 20.8 Å². The van der Waals surface area contributed by atoms with Crippen molar-refractivity contribution in [3.63, 3.8) is 0 Å². The number of nitriles is 1. The van der Waals surface area contributed by atoms with E-state index in [9.17, 15) is 14.9 Å². The van der Waals surface area contributed by atoms with Crippen LogP contribution in [0.2, 0.25) is 0 Å². The molecule has 1 heterocycles. The zero-order valence-corrected chi connectivity index (χ0v) is 22.8. The molecule has 1 aliphatic heterocycles. The van der Waals surface area contributed by atoms with Gasteiger partial charge in [0.2, 0.25) is 11.8 Å². The summed E-state index contributed by atoms with van der Waals surface area (Å²) >= 11 is 0. The number of carbonyl (C=O) groups excluding carboxylic acids is 2. The van der Waals surface area contributed by atoms with Crippen LogP contribution in [0.5, 0.6) is 0 Å². The van der Waals surface area contributed by atoms with Crippen molar-refractivity contribution < 1.29 is 23.8 Å². The average molecular weight is 482 g/mol. The Bertz CT molecular complexity index is 723. The van der Waals surface area contributed by atoms with Crippen LogP contribution in [0.1, 0.15) is 81.6 Å². The summed E-state index contributed by atoms with van der Waals surface area (Å²) in [7, 11) is 0. The molecule has 196 valence electrons. The molecule has 0 radical (unpaired) electrons. The van der Waals surface area contributed by atoms with Gasteiger partial charge in [0.15, 0.2) is 6.29 Å². The first-order valence-electron chi connectivity index (χ1n) is 12.3. The Labute approximate surface area is 206 Å². The Hall–Kier alpha value is -1.69. The van der Waals surface area contributed by atoms with Gasteiger partial charge in [-0.3, -0.25) is 9.59 Å². The van der Waals surface area contributed by atoms with Crippen molar-refractivity contribution in [1.82, 2.24) is 10.6 Å². The summed E-state index contributed by atoms with van der Waals surface area (Å²) in [5.74, 6) is -0.131. The molecule has 0 aromatic carbocycles. The molecule has 0 spiro atoms. The first-order chi connectivity index (χ1) is 15.6. The third kappa shape index (κ3) is 8.21. The van der Waals surface area contributed by atoms with Crippen LogP contribution < -0.4 is 10.6 Å². The topological polar surface area (TPSA) is 110 Å². The fourth-order valence-corrected chi connectivity index (χ4v) is 4.02. The predicted octanol–water partition coefficient (Wildman–Crippen LogP) is 3.80. The van der Waals surface area contributed by atoms with Crippen molar-refractivity contribution >= 4 is 11.8 Å². The Balaban J connectivity index is 2.51. The van der Waals surface area contributed by atoms with E-state index < -0.39 is 17.1 Å². The Kier molecular flexibility index (Phi) is 11.0. The summed E-state index contributed by atoms with van der Waals surface area (Å²) in [6.07, 6.45) is 1.84. The van der Waals surface area contributed by atoms with Crippen LogP contribution in [0.15, 0.2) is 0 Å². The lowest BCUT2D eigenvalue weighted by Gasteiger charge is -2.48. The van der Waals surface area contributed by atoms with Gasteiger partial charge in [-0.2, -0.15) is 5.26 Å². The fourth-order valence-electron chi connectivity index (χ4n) is 4.02. The van der Waals surface area contributed by atoms with Crippen molar-refractivity contribution in [2.75, 3.05) is 33.0 Å². The number of hydrogen-bond acceptors (Lipinski definition) is 6. The monoisotopic (exact) mass is 481 g/mol. The maximum Gasteiger partial charge on any atom is 0.226 e. The van der Waals surface area contributed by atoms with E-state index in [-0.39, 0.29) is 28.7 Å². The molecular formula is C26H47N3O5. The van der Waals surface area contributed by atoms with Crippen LogP contribution in [0.3, 0.4) is 0 Å². The largest absolute Gasteiger partial charge is 0.377 e. The highest BCUT2D eigenvalue weighted by molar-refractivity contribution is 5.83. The Morgan fingerprint density at radius 3 is 2.26 bits per heavy atom. The molecule has 0 aliphatic carbocycles. The highest BCUT2D eigenvalue weighted by Crippen LogP contribution is 2.52. The number of amides is 2. The minimum absolute atomic E-state index is 0.0320. The summed E-state index contributed by atoms with van der Waals surface area (Å²) in [4.78, 5) is 24.6. The molecule has 0 aromatic rings. The number of ether oxygens (including phenoxy) is 3. The zero-order chi connectivity index (χ0) is 26.2. The molecule has 1 fully saturated rings.